The van der Waals surface area contributed by atoms with E-state index in [9.17, 15) is 9.59 Å². The molecule has 0 saturated carbocycles. The lowest BCUT2D eigenvalue weighted by Gasteiger charge is -2.23. The van der Waals surface area contributed by atoms with Crippen LogP contribution in [0.2, 0.25) is 10.0 Å². The molecule has 0 atom stereocenters. The van der Waals surface area contributed by atoms with Crippen LogP contribution in [0.3, 0.4) is 0 Å². The number of carbonyl (C=O) groups excluding carboxylic acids is 2. The van der Waals surface area contributed by atoms with Gasteiger partial charge in [0.25, 0.3) is 0 Å². The van der Waals surface area contributed by atoms with Gasteiger partial charge in [-0.05, 0) is 12.1 Å². The summed E-state index contributed by atoms with van der Waals surface area (Å²) in [5, 5.41) is 3.49. The molecule has 1 N–H and O–H groups in total. The van der Waals surface area contributed by atoms with Crippen LogP contribution in [0.15, 0.2) is 18.2 Å². The molecule has 1 aromatic carbocycles. The van der Waals surface area contributed by atoms with Crippen molar-refractivity contribution in [2.75, 3.05) is 18.0 Å². The molecule has 0 fully saturated rings. The number of hydrogen-bond acceptors (Lipinski definition) is 2. The Morgan fingerprint density at radius 2 is 1.95 bits per heavy atom. The van der Waals surface area contributed by atoms with E-state index in [1.165, 1.54) is 11.8 Å². The number of halogens is 2. The van der Waals surface area contributed by atoms with Gasteiger partial charge in [0, 0.05) is 25.9 Å². The summed E-state index contributed by atoms with van der Waals surface area (Å²) < 4.78 is 0. The molecule has 0 radical (unpaired) electrons. The Kier molecular flexibility index (Phi) is 6.30. The maximum Gasteiger partial charge on any atom is 0.223 e. The Labute approximate surface area is 129 Å². The van der Waals surface area contributed by atoms with Crippen molar-refractivity contribution in [2.45, 2.75) is 20.8 Å². The van der Waals surface area contributed by atoms with Crippen LogP contribution in [0, 0.1) is 5.92 Å². The Bertz CT molecular complexity index is 504. The van der Waals surface area contributed by atoms with Crippen molar-refractivity contribution in [1.82, 2.24) is 5.32 Å². The van der Waals surface area contributed by atoms with Gasteiger partial charge in [0.1, 0.15) is 0 Å². The highest BCUT2D eigenvalue weighted by molar-refractivity contribution is 6.44. The molecule has 4 nitrogen and oxygen atoms in total. The summed E-state index contributed by atoms with van der Waals surface area (Å²) in [5.41, 5.74) is 0.547. The van der Waals surface area contributed by atoms with Crippen LogP contribution in [0.5, 0.6) is 0 Å². The molecule has 1 aromatic rings. The average molecular weight is 317 g/mol. The van der Waals surface area contributed by atoms with Crippen LogP contribution in [-0.2, 0) is 9.59 Å². The number of amides is 2. The number of hydrogen-bond donors (Lipinski definition) is 1. The topological polar surface area (TPSA) is 49.4 Å². The van der Waals surface area contributed by atoms with Crippen molar-refractivity contribution in [3.8, 4) is 0 Å². The molecule has 1 rings (SSSR count). The van der Waals surface area contributed by atoms with E-state index < -0.39 is 0 Å². The third kappa shape index (κ3) is 4.39. The molecule has 0 aromatic heterocycles. The third-order valence-electron chi connectivity index (χ3n) is 2.76. The number of benzene rings is 1. The minimum absolute atomic E-state index is 0.0503. The molecule has 110 valence electrons. The monoisotopic (exact) mass is 316 g/mol. The van der Waals surface area contributed by atoms with Crippen molar-refractivity contribution < 1.29 is 9.59 Å². The van der Waals surface area contributed by atoms with E-state index in [0.717, 1.165) is 0 Å². The Morgan fingerprint density at radius 1 is 1.30 bits per heavy atom. The molecule has 0 aliphatic carbocycles. The van der Waals surface area contributed by atoms with E-state index in [-0.39, 0.29) is 17.7 Å². The molecule has 0 aliphatic heterocycles. The summed E-state index contributed by atoms with van der Waals surface area (Å²) in [5.74, 6) is -0.297. The van der Waals surface area contributed by atoms with Gasteiger partial charge in [-0.3, -0.25) is 9.59 Å². The second-order valence-electron chi connectivity index (χ2n) is 4.69. The summed E-state index contributed by atoms with van der Waals surface area (Å²) in [6, 6.07) is 5.11. The van der Waals surface area contributed by atoms with Gasteiger partial charge in [0.2, 0.25) is 11.8 Å². The van der Waals surface area contributed by atoms with Crippen LogP contribution in [0.1, 0.15) is 20.8 Å². The van der Waals surface area contributed by atoms with Gasteiger partial charge in [-0.2, -0.15) is 0 Å². The largest absolute Gasteiger partial charge is 0.354 e. The van der Waals surface area contributed by atoms with Gasteiger partial charge in [0.05, 0.1) is 15.7 Å². The third-order valence-corrected chi connectivity index (χ3v) is 3.57. The predicted octanol–water partition coefficient (Wildman–Crippen LogP) is 3.12. The Hall–Kier alpha value is -1.26. The minimum Gasteiger partial charge on any atom is -0.354 e. The zero-order chi connectivity index (χ0) is 15.3. The summed E-state index contributed by atoms with van der Waals surface area (Å²) in [6.07, 6.45) is 0. The first kappa shape index (κ1) is 16.8. The standard InChI is InChI=1S/C14H18Cl2N2O2/c1-9(2)14(20)17-7-8-18(10(3)19)12-6-4-5-11(15)13(12)16/h4-6,9H,7-8H2,1-3H3,(H,17,20). The molecule has 0 saturated heterocycles. The van der Waals surface area contributed by atoms with E-state index in [0.29, 0.717) is 28.8 Å². The predicted molar refractivity (Wildman–Crippen MR) is 82.3 cm³/mol. The second kappa shape index (κ2) is 7.50. The van der Waals surface area contributed by atoms with Crippen molar-refractivity contribution in [3.63, 3.8) is 0 Å². The van der Waals surface area contributed by atoms with Gasteiger partial charge in [-0.1, -0.05) is 43.1 Å². The molecule has 0 heterocycles. The fraction of sp³-hybridized carbons (Fsp3) is 0.429. The lowest BCUT2D eigenvalue weighted by molar-refractivity contribution is -0.124. The minimum atomic E-state index is -0.159. The zero-order valence-electron chi connectivity index (χ0n) is 11.7. The number of anilines is 1. The SMILES string of the molecule is CC(=O)N(CCNC(=O)C(C)C)c1cccc(Cl)c1Cl. The summed E-state index contributed by atoms with van der Waals surface area (Å²) in [7, 11) is 0. The molecule has 0 unspecified atom stereocenters. The summed E-state index contributed by atoms with van der Waals surface area (Å²) in [6.45, 7) is 5.77. The van der Waals surface area contributed by atoms with E-state index in [2.05, 4.69) is 5.32 Å². The number of carbonyl (C=O) groups is 2. The van der Waals surface area contributed by atoms with Crippen molar-refractivity contribution in [2.24, 2.45) is 5.92 Å². The lowest BCUT2D eigenvalue weighted by atomic mass is 10.2. The molecule has 2 amide bonds. The first-order valence-electron chi connectivity index (χ1n) is 6.34. The van der Waals surface area contributed by atoms with Crippen molar-refractivity contribution >= 4 is 40.7 Å². The fourth-order valence-electron chi connectivity index (χ4n) is 1.64. The first-order chi connectivity index (χ1) is 9.34. The smallest absolute Gasteiger partial charge is 0.223 e. The summed E-state index contributed by atoms with van der Waals surface area (Å²) in [4.78, 5) is 24.7. The molecular weight excluding hydrogens is 299 g/mol. The highest BCUT2D eigenvalue weighted by Gasteiger charge is 2.16. The Balaban J connectivity index is 2.78. The molecule has 6 heteroatoms. The van der Waals surface area contributed by atoms with E-state index in [1.807, 2.05) is 13.8 Å². The number of rotatable bonds is 5. The van der Waals surface area contributed by atoms with Crippen LogP contribution in [-0.4, -0.2) is 24.9 Å². The van der Waals surface area contributed by atoms with Crippen LogP contribution in [0.25, 0.3) is 0 Å². The lowest BCUT2D eigenvalue weighted by Crippen LogP contribution is -2.38. The van der Waals surface area contributed by atoms with E-state index in [1.54, 1.807) is 18.2 Å². The highest BCUT2D eigenvalue weighted by atomic mass is 35.5. The van der Waals surface area contributed by atoms with E-state index in [4.69, 9.17) is 23.2 Å². The average Bonchev–Trinajstić information content (AvgIpc) is 2.37. The van der Waals surface area contributed by atoms with Crippen LogP contribution < -0.4 is 10.2 Å². The Morgan fingerprint density at radius 3 is 2.50 bits per heavy atom. The quantitative estimate of drug-likeness (QED) is 0.907. The van der Waals surface area contributed by atoms with Crippen LogP contribution in [0.4, 0.5) is 5.69 Å². The van der Waals surface area contributed by atoms with E-state index >= 15 is 0 Å². The maximum atomic E-state index is 11.7. The van der Waals surface area contributed by atoms with Gasteiger partial charge in [0.15, 0.2) is 0 Å². The molecule has 0 spiro atoms. The fourth-order valence-corrected chi connectivity index (χ4v) is 2.04. The number of nitrogens with one attached hydrogen (secondary N) is 1. The zero-order valence-corrected chi connectivity index (χ0v) is 13.3. The summed E-state index contributed by atoms with van der Waals surface area (Å²) >= 11 is 12.1. The van der Waals surface area contributed by atoms with Crippen molar-refractivity contribution in [1.29, 1.82) is 0 Å². The van der Waals surface area contributed by atoms with Crippen molar-refractivity contribution in [3.05, 3.63) is 28.2 Å². The van der Waals surface area contributed by atoms with Gasteiger partial charge in [-0.25, -0.2) is 0 Å². The van der Waals surface area contributed by atoms with Gasteiger partial charge in [-0.15, -0.1) is 0 Å². The normalized spacial score (nSPS) is 10.5. The first-order valence-corrected chi connectivity index (χ1v) is 7.10. The molecule has 20 heavy (non-hydrogen) atoms. The maximum absolute atomic E-state index is 11.7. The molecule has 0 aliphatic rings. The second-order valence-corrected chi connectivity index (χ2v) is 5.47. The van der Waals surface area contributed by atoms with Crippen LogP contribution >= 0.6 is 23.2 Å². The molecular formula is C14H18Cl2N2O2. The van der Waals surface area contributed by atoms with Gasteiger partial charge >= 0.3 is 0 Å². The van der Waals surface area contributed by atoms with Gasteiger partial charge < -0.3 is 10.2 Å². The molecule has 0 bridgehead atoms. The number of nitrogens with zero attached hydrogens (tertiary/aromatic N) is 1. The highest BCUT2D eigenvalue weighted by Crippen LogP contribution is 2.32.